The van der Waals surface area contributed by atoms with Gasteiger partial charge in [-0.15, -0.1) is 5.10 Å². The number of aromatic nitrogens is 3. The maximum absolute atomic E-state index is 12.3. The highest BCUT2D eigenvalue weighted by Gasteiger charge is 2.39. The summed E-state index contributed by atoms with van der Waals surface area (Å²) in [6.07, 6.45) is 4.29. The molecule has 2 aromatic rings. The van der Waals surface area contributed by atoms with Crippen molar-refractivity contribution in [2.24, 2.45) is 0 Å². The number of hydrogen-bond acceptors (Lipinski definition) is 5. The van der Waals surface area contributed by atoms with Crippen LogP contribution in [0.15, 0.2) is 28.9 Å². The Morgan fingerprint density at radius 2 is 2.04 bits per heavy atom. The Hall–Kier alpha value is -2.28. The minimum Gasteiger partial charge on any atom is -0.489 e. The Bertz CT molecular complexity index is 942. The van der Waals surface area contributed by atoms with Crippen LogP contribution >= 0.6 is 15.9 Å². The monoisotopic (exact) mass is 385 g/mol. The van der Waals surface area contributed by atoms with E-state index in [4.69, 9.17) is 4.74 Å². The molecule has 1 aromatic carbocycles. The molecule has 0 spiro atoms. The first-order chi connectivity index (χ1) is 11.6. The maximum atomic E-state index is 12.3. The van der Waals surface area contributed by atoms with Gasteiger partial charge in [-0.1, -0.05) is 23.4 Å². The second-order valence-corrected chi connectivity index (χ2v) is 7.09. The molecule has 6 nitrogen and oxygen atoms in total. The summed E-state index contributed by atoms with van der Waals surface area (Å²) < 4.78 is 7.84. The van der Waals surface area contributed by atoms with Crippen molar-refractivity contribution in [3.8, 4) is 0 Å². The van der Waals surface area contributed by atoms with E-state index in [9.17, 15) is 9.59 Å². The van der Waals surface area contributed by atoms with Crippen molar-refractivity contribution in [2.45, 2.75) is 24.8 Å². The summed E-state index contributed by atoms with van der Waals surface area (Å²) in [5, 5.41) is 8.52. The van der Waals surface area contributed by atoms with Gasteiger partial charge in [0.25, 0.3) is 0 Å². The number of halogens is 1. The lowest BCUT2D eigenvalue weighted by Crippen LogP contribution is -2.30. The molecule has 2 heterocycles. The topological polar surface area (TPSA) is 74.1 Å². The average molecular weight is 386 g/mol. The second-order valence-electron chi connectivity index (χ2n) is 6.30. The molecular formula is C17H12BrN3O3. The number of nitrogens with zero attached hydrogens (tertiary/aromatic N) is 3. The first kappa shape index (κ1) is 14.1. The van der Waals surface area contributed by atoms with Gasteiger partial charge in [0.1, 0.15) is 22.9 Å². The van der Waals surface area contributed by atoms with E-state index in [1.807, 2.05) is 12.3 Å². The Kier molecular flexibility index (Phi) is 2.85. The fourth-order valence-electron chi connectivity index (χ4n) is 3.34. The zero-order valence-electron chi connectivity index (χ0n) is 12.5. The van der Waals surface area contributed by atoms with E-state index in [1.165, 1.54) is 0 Å². The third-order valence-electron chi connectivity index (χ3n) is 4.76. The molecule has 0 N–H and O–H groups in total. The quantitative estimate of drug-likeness (QED) is 0.742. The lowest BCUT2D eigenvalue weighted by molar-refractivity contribution is -0.111. The SMILES string of the molecule is O=C1C(=O)c2cccc3c2C(=C1Br)OCC3n1cc(C2CC2)nn1. The van der Waals surface area contributed by atoms with Gasteiger partial charge in [-0.3, -0.25) is 9.59 Å². The summed E-state index contributed by atoms with van der Waals surface area (Å²) in [6, 6.07) is 5.26. The molecule has 1 saturated carbocycles. The number of ether oxygens (including phenoxy) is 1. The molecule has 1 unspecified atom stereocenters. The fraction of sp³-hybridized carbons (Fsp3) is 0.294. The van der Waals surface area contributed by atoms with Crippen LogP contribution in [0.2, 0.25) is 0 Å². The van der Waals surface area contributed by atoms with Crippen molar-refractivity contribution in [2.75, 3.05) is 6.61 Å². The molecule has 1 aromatic heterocycles. The highest BCUT2D eigenvalue weighted by molar-refractivity contribution is 9.12. The van der Waals surface area contributed by atoms with Crippen molar-refractivity contribution in [1.82, 2.24) is 15.0 Å². The van der Waals surface area contributed by atoms with Crippen LogP contribution in [0.5, 0.6) is 0 Å². The minimum atomic E-state index is -0.565. The van der Waals surface area contributed by atoms with E-state index in [0.717, 1.165) is 24.1 Å². The molecule has 5 rings (SSSR count). The number of carbonyl (C=O) groups excluding carboxylic acids is 2. The first-order valence-corrected chi connectivity index (χ1v) is 8.61. The predicted molar refractivity (Wildman–Crippen MR) is 87.7 cm³/mol. The average Bonchev–Trinajstić information content (AvgIpc) is 3.35. The molecule has 0 bridgehead atoms. The third-order valence-corrected chi connectivity index (χ3v) is 5.48. The molecule has 1 aliphatic heterocycles. The number of hydrogen-bond donors (Lipinski definition) is 0. The van der Waals surface area contributed by atoms with E-state index in [2.05, 4.69) is 26.2 Å². The predicted octanol–water partition coefficient (Wildman–Crippen LogP) is 2.60. The standard InChI is InChI=1S/C17H12BrN3O3/c18-14-16(23)15(22)10-3-1-2-9-12(7-24-17(14)13(9)10)21-6-11(19-20-21)8-4-5-8/h1-3,6,8,12H,4-5,7H2. The molecule has 120 valence electrons. The number of Topliss-reactive ketones (excluding diaryl/α,β-unsaturated/α-hetero) is 2. The zero-order chi connectivity index (χ0) is 16.4. The Morgan fingerprint density at radius 1 is 1.21 bits per heavy atom. The van der Waals surface area contributed by atoms with Gasteiger partial charge < -0.3 is 4.74 Å². The van der Waals surface area contributed by atoms with Crippen LogP contribution in [0.1, 0.15) is 52.0 Å². The Labute approximate surface area is 145 Å². The minimum absolute atomic E-state index is 0.162. The molecule has 0 amide bonds. The third kappa shape index (κ3) is 1.87. The maximum Gasteiger partial charge on any atom is 0.244 e. The Morgan fingerprint density at radius 3 is 2.83 bits per heavy atom. The molecule has 2 aliphatic carbocycles. The van der Waals surface area contributed by atoms with E-state index in [-0.39, 0.29) is 10.5 Å². The van der Waals surface area contributed by atoms with Gasteiger partial charge in [-0.25, -0.2) is 4.68 Å². The summed E-state index contributed by atoms with van der Waals surface area (Å²) in [5.41, 5.74) is 3.02. The van der Waals surface area contributed by atoms with Gasteiger partial charge in [0.2, 0.25) is 11.6 Å². The molecule has 7 heteroatoms. The summed E-state index contributed by atoms with van der Waals surface area (Å²) >= 11 is 3.22. The summed E-state index contributed by atoms with van der Waals surface area (Å²) in [6.45, 7) is 0.343. The normalized spacial score (nSPS) is 22.5. The van der Waals surface area contributed by atoms with Crippen molar-refractivity contribution in [3.63, 3.8) is 0 Å². The van der Waals surface area contributed by atoms with E-state index >= 15 is 0 Å². The van der Waals surface area contributed by atoms with Crippen LogP contribution in [0.25, 0.3) is 5.76 Å². The van der Waals surface area contributed by atoms with Crippen molar-refractivity contribution < 1.29 is 14.3 Å². The number of carbonyl (C=O) groups is 2. The van der Waals surface area contributed by atoms with Crippen LogP contribution in [0.4, 0.5) is 0 Å². The zero-order valence-corrected chi connectivity index (χ0v) is 14.1. The smallest absolute Gasteiger partial charge is 0.244 e. The number of ketones is 2. The van der Waals surface area contributed by atoms with E-state index in [0.29, 0.717) is 29.4 Å². The molecular weight excluding hydrogens is 374 g/mol. The second kappa shape index (κ2) is 4.86. The van der Waals surface area contributed by atoms with Gasteiger partial charge >= 0.3 is 0 Å². The van der Waals surface area contributed by atoms with Crippen molar-refractivity contribution in [3.05, 3.63) is 51.3 Å². The lowest BCUT2D eigenvalue weighted by atomic mass is 9.86. The Balaban J connectivity index is 1.67. The van der Waals surface area contributed by atoms with Gasteiger partial charge in [0.15, 0.2) is 0 Å². The molecule has 3 aliphatic rings. The molecule has 0 saturated heterocycles. The van der Waals surface area contributed by atoms with Crippen LogP contribution in [-0.4, -0.2) is 33.2 Å². The summed E-state index contributed by atoms with van der Waals surface area (Å²) in [4.78, 5) is 24.4. The number of benzene rings is 1. The molecule has 1 fully saturated rings. The van der Waals surface area contributed by atoms with Crippen LogP contribution in [0, 0.1) is 0 Å². The van der Waals surface area contributed by atoms with Gasteiger partial charge in [-0.2, -0.15) is 0 Å². The van der Waals surface area contributed by atoms with E-state index in [1.54, 1.807) is 16.8 Å². The van der Waals surface area contributed by atoms with Gasteiger partial charge in [0.05, 0.1) is 5.69 Å². The summed E-state index contributed by atoms with van der Waals surface area (Å²) in [5.74, 6) is -0.102. The molecule has 1 atom stereocenters. The van der Waals surface area contributed by atoms with Crippen LogP contribution in [-0.2, 0) is 9.53 Å². The van der Waals surface area contributed by atoms with Crippen molar-refractivity contribution >= 4 is 33.3 Å². The molecule has 0 radical (unpaired) electrons. The highest BCUT2D eigenvalue weighted by Crippen LogP contribution is 2.43. The summed E-state index contributed by atoms with van der Waals surface area (Å²) in [7, 11) is 0. The molecule has 24 heavy (non-hydrogen) atoms. The van der Waals surface area contributed by atoms with Gasteiger partial charge in [0, 0.05) is 23.2 Å². The highest BCUT2D eigenvalue weighted by atomic mass is 79.9. The largest absolute Gasteiger partial charge is 0.489 e. The van der Waals surface area contributed by atoms with E-state index < -0.39 is 11.6 Å². The van der Waals surface area contributed by atoms with Gasteiger partial charge in [-0.05, 0) is 34.3 Å². The number of rotatable bonds is 2. The van der Waals surface area contributed by atoms with Crippen LogP contribution in [0.3, 0.4) is 0 Å². The first-order valence-electron chi connectivity index (χ1n) is 7.81. The fourth-order valence-corrected chi connectivity index (χ4v) is 3.83. The van der Waals surface area contributed by atoms with Crippen molar-refractivity contribution in [1.29, 1.82) is 0 Å². The lowest BCUT2D eigenvalue weighted by Gasteiger charge is -2.31. The number of allylic oxidation sites excluding steroid dienone is 1. The van der Waals surface area contributed by atoms with Crippen LogP contribution < -0.4 is 0 Å².